The van der Waals surface area contributed by atoms with Gasteiger partial charge in [0.05, 0.1) is 0 Å². The first kappa shape index (κ1) is 16.0. The fourth-order valence-corrected chi connectivity index (χ4v) is 4.19. The largest absolute Gasteiger partial charge is 0.340 e. The predicted molar refractivity (Wildman–Crippen MR) is 91.1 cm³/mol. The predicted octanol–water partition coefficient (Wildman–Crippen LogP) is 2.21. The normalized spacial score (nSPS) is 30.7. The molecule has 4 atom stereocenters. The van der Waals surface area contributed by atoms with Crippen LogP contribution in [0.15, 0.2) is 28.7 Å². The second-order valence-corrected chi connectivity index (χ2v) is 7.85. The highest BCUT2D eigenvalue weighted by Crippen LogP contribution is 2.37. The number of rotatable bonds is 2. The van der Waals surface area contributed by atoms with Crippen molar-refractivity contribution in [2.24, 2.45) is 23.3 Å². The van der Waals surface area contributed by atoms with E-state index in [9.17, 15) is 4.79 Å². The summed E-state index contributed by atoms with van der Waals surface area (Å²) in [5.74, 6) is 1.00. The smallest absolute Gasteiger partial charge is 0.246 e. The average Bonchev–Trinajstić information content (AvgIpc) is 2.92. The van der Waals surface area contributed by atoms with Crippen molar-refractivity contribution in [1.29, 1.82) is 0 Å². The molecule has 0 spiro atoms. The Labute approximate surface area is 140 Å². The van der Waals surface area contributed by atoms with Gasteiger partial charge in [0, 0.05) is 23.6 Å². The number of hydrogen-bond acceptors (Lipinski definition) is 3. The molecule has 120 valence electrons. The van der Waals surface area contributed by atoms with Gasteiger partial charge >= 0.3 is 0 Å². The Balaban J connectivity index is 1.77. The number of nitrogens with zero attached hydrogens (tertiary/aromatic N) is 1. The molecule has 0 radical (unpaired) electrons. The molecule has 4 N–H and O–H groups in total. The topological polar surface area (TPSA) is 72.4 Å². The minimum atomic E-state index is -0.988. The summed E-state index contributed by atoms with van der Waals surface area (Å²) in [6.07, 6.45) is 3.44. The van der Waals surface area contributed by atoms with Gasteiger partial charge in [-0.25, -0.2) is 0 Å². The van der Waals surface area contributed by atoms with Crippen LogP contribution in [0, 0.1) is 11.8 Å². The van der Waals surface area contributed by atoms with Crippen LogP contribution in [0.1, 0.15) is 31.7 Å². The Morgan fingerprint density at radius 3 is 2.59 bits per heavy atom. The van der Waals surface area contributed by atoms with E-state index < -0.39 is 5.54 Å². The number of halogens is 1. The SMILES string of the molecule is CC(N)(C(=O)N1CC2CCCC(N)C2C1)c1ccc(Br)cc1. The van der Waals surface area contributed by atoms with Crippen molar-refractivity contribution in [2.45, 2.75) is 37.8 Å². The molecule has 1 aromatic rings. The van der Waals surface area contributed by atoms with E-state index in [0.29, 0.717) is 11.8 Å². The standard InChI is InChI=1S/C17H24BrN3O/c1-17(20,12-5-7-13(18)8-6-12)16(22)21-9-11-3-2-4-15(19)14(11)10-21/h5-8,11,14-15H,2-4,9-10,19-20H2,1H3. The Morgan fingerprint density at radius 2 is 1.95 bits per heavy atom. The summed E-state index contributed by atoms with van der Waals surface area (Å²) in [6.45, 7) is 3.37. The first-order valence-corrected chi connectivity index (χ1v) is 8.79. The highest BCUT2D eigenvalue weighted by Gasteiger charge is 2.44. The van der Waals surface area contributed by atoms with Gasteiger partial charge in [-0.3, -0.25) is 4.79 Å². The quantitative estimate of drug-likeness (QED) is 0.843. The van der Waals surface area contributed by atoms with Gasteiger partial charge in [-0.1, -0.05) is 34.5 Å². The monoisotopic (exact) mass is 365 g/mol. The Hall–Kier alpha value is -0.910. The molecule has 1 saturated heterocycles. The molecular weight excluding hydrogens is 342 g/mol. The van der Waals surface area contributed by atoms with E-state index in [1.807, 2.05) is 29.2 Å². The van der Waals surface area contributed by atoms with Crippen molar-refractivity contribution < 1.29 is 4.79 Å². The van der Waals surface area contributed by atoms with Gasteiger partial charge in [-0.15, -0.1) is 0 Å². The Kier molecular flexibility index (Phi) is 4.32. The maximum Gasteiger partial charge on any atom is 0.246 e. The van der Waals surface area contributed by atoms with E-state index >= 15 is 0 Å². The molecule has 0 aromatic heterocycles. The van der Waals surface area contributed by atoms with E-state index in [0.717, 1.165) is 29.5 Å². The zero-order chi connectivity index (χ0) is 15.9. The molecule has 1 heterocycles. The molecule has 0 bridgehead atoms. The molecule has 4 unspecified atom stereocenters. The first-order valence-electron chi connectivity index (χ1n) is 7.99. The van der Waals surface area contributed by atoms with Crippen molar-refractivity contribution >= 4 is 21.8 Å². The van der Waals surface area contributed by atoms with E-state index in [1.165, 1.54) is 12.8 Å². The lowest BCUT2D eigenvalue weighted by atomic mass is 9.78. The van der Waals surface area contributed by atoms with E-state index in [-0.39, 0.29) is 11.9 Å². The summed E-state index contributed by atoms with van der Waals surface area (Å²) in [7, 11) is 0. The molecule has 2 aliphatic rings. The van der Waals surface area contributed by atoms with Crippen LogP contribution in [0.2, 0.25) is 0 Å². The summed E-state index contributed by atoms with van der Waals surface area (Å²) in [5, 5.41) is 0. The van der Waals surface area contributed by atoms with Crippen LogP contribution in [0.4, 0.5) is 0 Å². The molecular formula is C17H24BrN3O. The van der Waals surface area contributed by atoms with Crippen LogP contribution in [-0.2, 0) is 10.3 Å². The molecule has 1 saturated carbocycles. The number of benzene rings is 1. The van der Waals surface area contributed by atoms with Gasteiger partial charge in [0.2, 0.25) is 5.91 Å². The third kappa shape index (κ3) is 2.82. The highest BCUT2D eigenvalue weighted by molar-refractivity contribution is 9.10. The van der Waals surface area contributed by atoms with Crippen LogP contribution in [0.25, 0.3) is 0 Å². The van der Waals surface area contributed by atoms with E-state index in [1.54, 1.807) is 6.92 Å². The maximum absolute atomic E-state index is 13.0. The zero-order valence-corrected chi connectivity index (χ0v) is 14.6. The van der Waals surface area contributed by atoms with Crippen molar-refractivity contribution in [3.05, 3.63) is 34.3 Å². The third-order valence-electron chi connectivity index (χ3n) is 5.33. The zero-order valence-electron chi connectivity index (χ0n) is 13.0. The Bertz CT molecular complexity index is 558. The first-order chi connectivity index (χ1) is 10.4. The minimum Gasteiger partial charge on any atom is -0.340 e. The summed E-state index contributed by atoms with van der Waals surface area (Å²) < 4.78 is 0.984. The molecule has 1 aromatic carbocycles. The van der Waals surface area contributed by atoms with Crippen molar-refractivity contribution in [1.82, 2.24) is 4.90 Å². The Morgan fingerprint density at radius 1 is 1.27 bits per heavy atom. The van der Waals surface area contributed by atoms with Crippen LogP contribution in [0.5, 0.6) is 0 Å². The number of hydrogen-bond donors (Lipinski definition) is 2. The number of likely N-dealkylation sites (tertiary alicyclic amines) is 1. The molecule has 2 fully saturated rings. The third-order valence-corrected chi connectivity index (χ3v) is 5.86. The van der Waals surface area contributed by atoms with Crippen LogP contribution in [-0.4, -0.2) is 29.9 Å². The molecule has 4 nitrogen and oxygen atoms in total. The van der Waals surface area contributed by atoms with Gasteiger partial charge < -0.3 is 16.4 Å². The summed E-state index contributed by atoms with van der Waals surface area (Å²) >= 11 is 3.41. The van der Waals surface area contributed by atoms with Gasteiger partial charge in [-0.05, 0) is 49.3 Å². The highest BCUT2D eigenvalue weighted by atomic mass is 79.9. The fourth-order valence-electron chi connectivity index (χ4n) is 3.93. The van der Waals surface area contributed by atoms with Gasteiger partial charge in [-0.2, -0.15) is 0 Å². The number of amides is 1. The maximum atomic E-state index is 13.0. The van der Waals surface area contributed by atoms with E-state index in [4.69, 9.17) is 11.5 Å². The summed E-state index contributed by atoms with van der Waals surface area (Å²) in [6, 6.07) is 7.90. The summed E-state index contributed by atoms with van der Waals surface area (Å²) in [4.78, 5) is 14.9. The second kappa shape index (κ2) is 5.95. The fraction of sp³-hybridized carbons (Fsp3) is 0.588. The van der Waals surface area contributed by atoms with Crippen LogP contribution in [0.3, 0.4) is 0 Å². The van der Waals surface area contributed by atoms with Crippen molar-refractivity contribution in [3.8, 4) is 0 Å². The minimum absolute atomic E-state index is 0.0106. The lowest BCUT2D eigenvalue weighted by Gasteiger charge is -2.30. The van der Waals surface area contributed by atoms with Crippen LogP contribution < -0.4 is 11.5 Å². The molecule has 3 rings (SSSR count). The lowest BCUT2D eigenvalue weighted by molar-refractivity contribution is -0.135. The van der Waals surface area contributed by atoms with Crippen LogP contribution >= 0.6 is 15.9 Å². The number of nitrogens with two attached hydrogens (primary N) is 2. The van der Waals surface area contributed by atoms with Crippen molar-refractivity contribution in [3.63, 3.8) is 0 Å². The summed E-state index contributed by atoms with van der Waals surface area (Å²) in [5.41, 5.74) is 12.5. The second-order valence-electron chi connectivity index (χ2n) is 6.94. The molecule has 1 amide bonds. The molecule has 5 heteroatoms. The lowest BCUT2D eigenvalue weighted by Crippen LogP contribution is -2.50. The van der Waals surface area contributed by atoms with E-state index in [2.05, 4.69) is 15.9 Å². The number of fused-ring (bicyclic) bond motifs is 1. The number of carbonyl (C=O) groups is 1. The molecule has 22 heavy (non-hydrogen) atoms. The number of carbonyl (C=O) groups excluding carboxylic acids is 1. The van der Waals surface area contributed by atoms with Crippen molar-refractivity contribution in [2.75, 3.05) is 13.1 Å². The average molecular weight is 366 g/mol. The molecule has 1 aliphatic carbocycles. The molecule has 1 aliphatic heterocycles. The van der Waals surface area contributed by atoms with Gasteiger partial charge in [0.1, 0.15) is 5.54 Å². The van der Waals surface area contributed by atoms with Gasteiger partial charge in [0.15, 0.2) is 0 Å². The van der Waals surface area contributed by atoms with Gasteiger partial charge in [0.25, 0.3) is 0 Å².